The number of anilines is 2. The number of aromatic nitrogens is 2. The molecule has 2 aromatic carbocycles. The average molecular weight is 420 g/mol. The summed E-state index contributed by atoms with van der Waals surface area (Å²) >= 11 is 0. The Hall–Kier alpha value is -2.99. The Morgan fingerprint density at radius 2 is 1.87 bits per heavy atom. The molecule has 0 fully saturated rings. The Kier molecular flexibility index (Phi) is 7.95. The molecule has 0 bridgehead atoms. The van der Waals surface area contributed by atoms with Crippen LogP contribution in [-0.4, -0.2) is 47.0 Å². The van der Waals surface area contributed by atoms with Gasteiger partial charge in [-0.3, -0.25) is 4.79 Å². The monoisotopic (exact) mass is 419 g/mol. The van der Waals surface area contributed by atoms with Crippen LogP contribution in [0.4, 0.5) is 11.6 Å². The highest BCUT2D eigenvalue weighted by Gasteiger charge is 2.08. The van der Waals surface area contributed by atoms with Gasteiger partial charge in [0.05, 0.1) is 5.52 Å². The first-order valence-electron chi connectivity index (χ1n) is 11.2. The lowest BCUT2D eigenvalue weighted by Gasteiger charge is -2.17. The van der Waals surface area contributed by atoms with E-state index >= 15 is 0 Å². The van der Waals surface area contributed by atoms with E-state index in [-0.39, 0.29) is 5.91 Å². The van der Waals surface area contributed by atoms with Gasteiger partial charge in [-0.1, -0.05) is 32.9 Å². The van der Waals surface area contributed by atoms with Gasteiger partial charge >= 0.3 is 0 Å². The van der Waals surface area contributed by atoms with Gasteiger partial charge in [0, 0.05) is 30.2 Å². The molecule has 0 saturated carbocycles. The van der Waals surface area contributed by atoms with Crippen molar-refractivity contribution in [1.29, 1.82) is 0 Å². The lowest BCUT2D eigenvalue weighted by molar-refractivity contribution is -0.115. The molecule has 1 aromatic heterocycles. The van der Waals surface area contributed by atoms with E-state index in [1.54, 1.807) is 0 Å². The fraction of sp³-hybridized carbons (Fsp3) is 0.400. The fourth-order valence-corrected chi connectivity index (χ4v) is 3.59. The minimum Gasteiger partial charge on any atom is -0.354 e. The zero-order valence-corrected chi connectivity index (χ0v) is 19.0. The summed E-state index contributed by atoms with van der Waals surface area (Å²) in [5, 5.41) is 7.27. The summed E-state index contributed by atoms with van der Waals surface area (Å²) in [6.07, 6.45) is 3.39. The van der Waals surface area contributed by atoms with Gasteiger partial charge in [-0.25, -0.2) is 9.97 Å². The molecule has 0 aliphatic rings. The molecule has 0 atom stereocenters. The molecular weight excluding hydrogens is 386 g/mol. The normalized spacial score (nSPS) is 11.1. The second-order valence-electron chi connectivity index (χ2n) is 7.71. The van der Waals surface area contributed by atoms with Crippen molar-refractivity contribution in [2.75, 3.05) is 36.8 Å². The second-order valence-corrected chi connectivity index (χ2v) is 7.71. The number of nitrogens with one attached hydrogen (secondary N) is 2. The van der Waals surface area contributed by atoms with Crippen molar-refractivity contribution >= 4 is 28.4 Å². The molecule has 0 radical (unpaired) electrons. The van der Waals surface area contributed by atoms with Gasteiger partial charge in [-0.05, 0) is 73.9 Å². The Morgan fingerprint density at radius 1 is 1.06 bits per heavy atom. The fourth-order valence-electron chi connectivity index (χ4n) is 3.59. The van der Waals surface area contributed by atoms with Crippen molar-refractivity contribution in [1.82, 2.24) is 14.9 Å². The lowest BCUT2D eigenvalue weighted by atomic mass is 9.98. The number of rotatable bonds is 10. The largest absolute Gasteiger partial charge is 0.354 e. The molecular formula is C25H33N5O. The van der Waals surface area contributed by atoms with Gasteiger partial charge in [0.15, 0.2) is 0 Å². The van der Waals surface area contributed by atoms with Crippen molar-refractivity contribution in [3.8, 4) is 11.1 Å². The molecule has 0 aliphatic carbocycles. The summed E-state index contributed by atoms with van der Waals surface area (Å²) < 4.78 is 0. The highest BCUT2D eigenvalue weighted by Crippen LogP contribution is 2.29. The summed E-state index contributed by atoms with van der Waals surface area (Å²) in [6, 6.07) is 12.2. The SMILES string of the molecule is CCC(=O)Nc1ccc(C)c(-c2ccc3nc(NCCCN(CC)CC)ncc3c2)c1. The molecule has 2 N–H and O–H groups in total. The molecule has 0 saturated heterocycles. The van der Waals surface area contributed by atoms with Crippen molar-refractivity contribution in [3.63, 3.8) is 0 Å². The van der Waals surface area contributed by atoms with Crippen LogP contribution in [0, 0.1) is 6.92 Å². The maximum atomic E-state index is 11.7. The van der Waals surface area contributed by atoms with Crippen LogP contribution in [-0.2, 0) is 4.79 Å². The number of hydrogen-bond donors (Lipinski definition) is 2. The van der Waals surface area contributed by atoms with E-state index in [1.165, 1.54) is 0 Å². The Bertz CT molecular complexity index is 1030. The van der Waals surface area contributed by atoms with E-state index in [9.17, 15) is 4.79 Å². The maximum absolute atomic E-state index is 11.7. The van der Waals surface area contributed by atoms with Gasteiger partial charge in [0.2, 0.25) is 11.9 Å². The van der Waals surface area contributed by atoms with Crippen molar-refractivity contribution in [3.05, 3.63) is 48.2 Å². The molecule has 0 spiro atoms. The average Bonchev–Trinajstić information content (AvgIpc) is 2.80. The number of fused-ring (bicyclic) bond motifs is 1. The Balaban J connectivity index is 1.73. The highest BCUT2D eigenvalue weighted by atomic mass is 16.1. The summed E-state index contributed by atoms with van der Waals surface area (Å²) in [4.78, 5) is 23.3. The first kappa shape index (κ1) is 22.7. The van der Waals surface area contributed by atoms with Gasteiger partial charge in [-0.2, -0.15) is 0 Å². The first-order chi connectivity index (χ1) is 15.0. The van der Waals surface area contributed by atoms with Crippen LogP contribution in [0.2, 0.25) is 0 Å². The smallest absolute Gasteiger partial charge is 0.224 e. The molecule has 1 amide bonds. The van der Waals surface area contributed by atoms with E-state index in [0.717, 1.165) is 65.9 Å². The zero-order chi connectivity index (χ0) is 22.2. The van der Waals surface area contributed by atoms with Gasteiger partial charge < -0.3 is 15.5 Å². The van der Waals surface area contributed by atoms with Crippen LogP contribution in [0.25, 0.3) is 22.0 Å². The van der Waals surface area contributed by atoms with Crippen LogP contribution >= 0.6 is 0 Å². The molecule has 3 rings (SSSR count). The van der Waals surface area contributed by atoms with Crippen LogP contribution in [0.3, 0.4) is 0 Å². The maximum Gasteiger partial charge on any atom is 0.224 e. The van der Waals surface area contributed by atoms with E-state index in [2.05, 4.69) is 58.4 Å². The molecule has 3 aromatic rings. The zero-order valence-electron chi connectivity index (χ0n) is 19.0. The van der Waals surface area contributed by atoms with E-state index < -0.39 is 0 Å². The number of carbonyl (C=O) groups is 1. The summed E-state index contributed by atoms with van der Waals surface area (Å²) in [5.41, 5.74) is 5.06. The van der Waals surface area contributed by atoms with Crippen LogP contribution in [0.15, 0.2) is 42.6 Å². The van der Waals surface area contributed by atoms with E-state index in [4.69, 9.17) is 0 Å². The van der Waals surface area contributed by atoms with E-state index in [1.807, 2.05) is 37.4 Å². The third-order valence-electron chi connectivity index (χ3n) is 5.56. The molecule has 0 unspecified atom stereocenters. The van der Waals surface area contributed by atoms with Gasteiger partial charge in [0.1, 0.15) is 0 Å². The third kappa shape index (κ3) is 6.01. The van der Waals surface area contributed by atoms with Gasteiger partial charge in [0.25, 0.3) is 0 Å². The second kappa shape index (κ2) is 10.9. The number of amides is 1. The first-order valence-corrected chi connectivity index (χ1v) is 11.2. The quantitative estimate of drug-likeness (QED) is 0.448. The number of benzene rings is 2. The molecule has 6 nitrogen and oxygen atoms in total. The van der Waals surface area contributed by atoms with Crippen molar-refractivity contribution in [2.24, 2.45) is 0 Å². The standard InChI is InChI=1S/C25H33N5O/c1-5-24(31)28-21-11-9-18(4)22(16-21)19-10-12-23-20(15-19)17-27-25(29-23)26-13-8-14-30(6-2)7-3/h9-12,15-17H,5-8,13-14H2,1-4H3,(H,28,31)(H,26,27,29). The summed E-state index contributed by atoms with van der Waals surface area (Å²) in [6.45, 7) is 12.4. The predicted octanol–water partition coefficient (Wildman–Crippen LogP) is 5.10. The minimum absolute atomic E-state index is 0.0128. The predicted molar refractivity (Wildman–Crippen MR) is 130 cm³/mol. The van der Waals surface area contributed by atoms with E-state index in [0.29, 0.717) is 12.4 Å². The van der Waals surface area contributed by atoms with Crippen LogP contribution in [0.5, 0.6) is 0 Å². The minimum atomic E-state index is 0.0128. The number of carbonyl (C=O) groups excluding carboxylic acids is 1. The van der Waals surface area contributed by atoms with Crippen LogP contribution < -0.4 is 10.6 Å². The highest BCUT2D eigenvalue weighted by molar-refractivity contribution is 5.92. The lowest BCUT2D eigenvalue weighted by Crippen LogP contribution is -2.25. The summed E-state index contributed by atoms with van der Waals surface area (Å²) in [5.74, 6) is 0.680. The van der Waals surface area contributed by atoms with Crippen molar-refractivity contribution < 1.29 is 4.79 Å². The van der Waals surface area contributed by atoms with Gasteiger partial charge in [-0.15, -0.1) is 0 Å². The third-order valence-corrected chi connectivity index (χ3v) is 5.56. The Labute approximate surface area is 185 Å². The molecule has 31 heavy (non-hydrogen) atoms. The number of aryl methyl sites for hydroxylation is 1. The molecule has 6 heteroatoms. The number of nitrogens with zero attached hydrogens (tertiary/aromatic N) is 3. The Morgan fingerprint density at radius 3 is 2.61 bits per heavy atom. The van der Waals surface area contributed by atoms with Crippen LogP contribution in [0.1, 0.15) is 39.2 Å². The number of hydrogen-bond acceptors (Lipinski definition) is 5. The topological polar surface area (TPSA) is 70.2 Å². The summed E-state index contributed by atoms with van der Waals surface area (Å²) in [7, 11) is 0. The molecule has 0 aliphatic heterocycles. The molecule has 164 valence electrons. The van der Waals surface area contributed by atoms with Crippen molar-refractivity contribution in [2.45, 2.75) is 40.5 Å². The molecule has 1 heterocycles.